The van der Waals surface area contributed by atoms with Gasteiger partial charge in [-0.15, -0.1) is 0 Å². The summed E-state index contributed by atoms with van der Waals surface area (Å²) in [4.78, 5) is 2.52. The Morgan fingerprint density at radius 3 is 1.45 bits per heavy atom. The zero-order valence-electron chi connectivity index (χ0n) is 24.0. The third-order valence-corrected chi connectivity index (χ3v) is 9.60. The van der Waals surface area contributed by atoms with Gasteiger partial charge in [0.05, 0.1) is 11.4 Å². The molecule has 0 bridgehead atoms. The summed E-state index contributed by atoms with van der Waals surface area (Å²) in [6.07, 6.45) is 0. The molecule has 0 amide bonds. The highest BCUT2D eigenvalue weighted by molar-refractivity contribution is 6.01. The van der Waals surface area contributed by atoms with Crippen LogP contribution in [-0.4, -0.2) is 0 Å². The van der Waals surface area contributed by atoms with Crippen LogP contribution in [0, 0.1) is 13.8 Å². The molecular formula is C38H33NO. The maximum absolute atomic E-state index is 6.98. The van der Waals surface area contributed by atoms with Gasteiger partial charge in [0.25, 0.3) is 0 Å². The van der Waals surface area contributed by atoms with Gasteiger partial charge in [-0.3, -0.25) is 0 Å². The SMILES string of the molecule is Cc1cc2c(c3c1-c1ccccc1C3(C)C)N(c1ccccc1)c1c(cc(C)c3c1C(C)(C)c1ccccc1-3)O2. The summed E-state index contributed by atoms with van der Waals surface area (Å²) in [5.74, 6) is 1.86. The van der Waals surface area contributed by atoms with Crippen LogP contribution in [0.4, 0.5) is 17.1 Å². The first-order valence-corrected chi connectivity index (χ1v) is 14.3. The van der Waals surface area contributed by atoms with E-state index in [2.05, 4.69) is 137 Å². The summed E-state index contributed by atoms with van der Waals surface area (Å²) >= 11 is 0. The lowest BCUT2D eigenvalue weighted by Crippen LogP contribution is -2.27. The van der Waals surface area contributed by atoms with Crippen LogP contribution >= 0.6 is 0 Å². The first-order valence-electron chi connectivity index (χ1n) is 14.3. The van der Waals surface area contributed by atoms with E-state index in [1.54, 1.807) is 0 Å². The summed E-state index contributed by atoms with van der Waals surface area (Å²) < 4.78 is 6.98. The number of hydrogen-bond acceptors (Lipinski definition) is 2. The first-order chi connectivity index (χ1) is 19.2. The number of aryl methyl sites for hydroxylation is 2. The van der Waals surface area contributed by atoms with E-state index in [1.165, 1.54) is 67.0 Å². The topological polar surface area (TPSA) is 12.5 Å². The van der Waals surface area contributed by atoms with Gasteiger partial charge in [-0.05, 0) is 93.7 Å². The highest BCUT2D eigenvalue weighted by atomic mass is 16.5. The Kier molecular flexibility index (Phi) is 4.52. The normalized spacial score (nSPS) is 16.3. The van der Waals surface area contributed by atoms with E-state index in [1.807, 2.05) is 0 Å². The number of anilines is 3. The fourth-order valence-electron chi connectivity index (χ4n) is 7.89. The van der Waals surface area contributed by atoms with Crippen molar-refractivity contribution >= 4 is 17.1 Å². The molecule has 2 aliphatic carbocycles. The second kappa shape index (κ2) is 7.67. The molecule has 5 aromatic carbocycles. The molecule has 1 aliphatic heterocycles. The molecule has 0 fully saturated rings. The molecule has 3 aliphatic rings. The van der Waals surface area contributed by atoms with Gasteiger partial charge in [0.15, 0.2) is 11.5 Å². The largest absolute Gasteiger partial charge is 0.453 e. The van der Waals surface area contributed by atoms with Crippen LogP contribution in [0.3, 0.4) is 0 Å². The van der Waals surface area contributed by atoms with E-state index < -0.39 is 0 Å². The Balaban J connectivity index is 1.52. The third kappa shape index (κ3) is 2.79. The van der Waals surface area contributed by atoms with E-state index in [9.17, 15) is 0 Å². The zero-order chi connectivity index (χ0) is 27.6. The van der Waals surface area contributed by atoms with Crippen LogP contribution in [-0.2, 0) is 10.8 Å². The van der Waals surface area contributed by atoms with Gasteiger partial charge in [0.1, 0.15) is 0 Å². The molecule has 2 nitrogen and oxygen atoms in total. The zero-order valence-corrected chi connectivity index (χ0v) is 24.0. The fourth-order valence-corrected chi connectivity index (χ4v) is 7.89. The van der Waals surface area contributed by atoms with E-state index in [4.69, 9.17) is 4.74 Å². The molecule has 1 heterocycles. The van der Waals surface area contributed by atoms with Crippen LogP contribution in [0.5, 0.6) is 11.5 Å². The molecular weight excluding hydrogens is 486 g/mol. The van der Waals surface area contributed by atoms with Crippen LogP contribution in [0.15, 0.2) is 91.0 Å². The third-order valence-electron chi connectivity index (χ3n) is 9.60. The summed E-state index contributed by atoms with van der Waals surface area (Å²) in [5.41, 5.74) is 16.5. The molecule has 0 spiro atoms. The Morgan fingerprint density at radius 1 is 0.550 bits per heavy atom. The quantitative estimate of drug-likeness (QED) is 0.214. The van der Waals surface area contributed by atoms with Gasteiger partial charge in [-0.1, -0.05) is 94.4 Å². The molecule has 5 aromatic rings. The highest BCUT2D eigenvalue weighted by Gasteiger charge is 2.47. The van der Waals surface area contributed by atoms with Crippen molar-refractivity contribution in [1.29, 1.82) is 0 Å². The van der Waals surface area contributed by atoms with E-state index >= 15 is 0 Å². The highest BCUT2D eigenvalue weighted by Crippen LogP contribution is 2.65. The summed E-state index contributed by atoms with van der Waals surface area (Å²) in [6.45, 7) is 13.9. The van der Waals surface area contributed by atoms with Crippen molar-refractivity contribution in [2.75, 3.05) is 4.90 Å². The van der Waals surface area contributed by atoms with Gasteiger partial charge in [-0.2, -0.15) is 0 Å². The average Bonchev–Trinajstić information content (AvgIpc) is 3.34. The smallest absolute Gasteiger partial charge is 0.152 e. The lowest BCUT2D eigenvalue weighted by molar-refractivity contribution is 0.471. The number of rotatable bonds is 1. The Hall–Kier alpha value is -4.30. The molecule has 40 heavy (non-hydrogen) atoms. The van der Waals surface area contributed by atoms with E-state index in [0.29, 0.717) is 0 Å². The lowest BCUT2D eigenvalue weighted by Gasteiger charge is -2.40. The predicted molar refractivity (Wildman–Crippen MR) is 166 cm³/mol. The molecule has 0 aromatic heterocycles. The van der Waals surface area contributed by atoms with Crippen molar-refractivity contribution in [2.24, 2.45) is 0 Å². The maximum atomic E-state index is 6.98. The maximum Gasteiger partial charge on any atom is 0.152 e. The van der Waals surface area contributed by atoms with Gasteiger partial charge in [0, 0.05) is 16.5 Å². The van der Waals surface area contributed by atoms with Gasteiger partial charge in [0.2, 0.25) is 0 Å². The molecule has 0 saturated carbocycles. The van der Waals surface area contributed by atoms with Gasteiger partial charge < -0.3 is 9.64 Å². The number of fused-ring (bicyclic) bond motifs is 10. The van der Waals surface area contributed by atoms with Crippen molar-refractivity contribution < 1.29 is 4.74 Å². The molecule has 8 rings (SSSR count). The molecule has 0 atom stereocenters. The van der Waals surface area contributed by atoms with E-state index in [0.717, 1.165) is 17.2 Å². The van der Waals surface area contributed by atoms with Gasteiger partial charge in [-0.25, -0.2) is 0 Å². The molecule has 0 saturated heterocycles. The lowest BCUT2D eigenvalue weighted by atomic mass is 9.78. The Labute approximate surface area is 236 Å². The second-order valence-electron chi connectivity index (χ2n) is 12.7. The number of para-hydroxylation sites is 1. The molecule has 0 unspecified atom stereocenters. The number of nitrogens with zero attached hydrogens (tertiary/aromatic N) is 1. The van der Waals surface area contributed by atoms with Crippen LogP contribution < -0.4 is 9.64 Å². The summed E-state index contributed by atoms with van der Waals surface area (Å²) in [6, 6.07) is 33.2. The van der Waals surface area contributed by atoms with E-state index in [-0.39, 0.29) is 10.8 Å². The van der Waals surface area contributed by atoms with Crippen molar-refractivity contribution in [3.05, 3.63) is 124 Å². The fraction of sp³-hybridized carbons (Fsp3) is 0.211. The van der Waals surface area contributed by atoms with Crippen LogP contribution in [0.25, 0.3) is 22.3 Å². The van der Waals surface area contributed by atoms with Gasteiger partial charge >= 0.3 is 0 Å². The standard InChI is InChI=1S/C38H33NO/c1-22-20-29-35(33-31(22)25-16-10-12-18-27(25)37(33,3)4)39(24-14-8-7-9-15-24)36-30(40-29)21-23(2)32-26-17-11-13-19-28(26)38(5,6)34(32)36/h7-21H,1-6H3. The monoisotopic (exact) mass is 519 g/mol. The molecule has 196 valence electrons. The summed E-state index contributed by atoms with van der Waals surface area (Å²) in [5, 5.41) is 0. The van der Waals surface area contributed by atoms with Crippen LogP contribution in [0.1, 0.15) is 61.1 Å². The number of benzene rings is 5. The predicted octanol–water partition coefficient (Wildman–Crippen LogP) is 10.5. The van der Waals surface area contributed by atoms with Crippen molar-refractivity contribution in [2.45, 2.75) is 52.4 Å². The average molecular weight is 520 g/mol. The molecule has 0 radical (unpaired) electrons. The number of ether oxygens (including phenoxy) is 1. The number of hydrogen-bond donors (Lipinski definition) is 0. The molecule has 0 N–H and O–H groups in total. The van der Waals surface area contributed by atoms with Crippen molar-refractivity contribution in [3.63, 3.8) is 0 Å². The minimum atomic E-state index is -0.178. The minimum absolute atomic E-state index is 0.178. The van der Waals surface area contributed by atoms with Crippen LogP contribution in [0.2, 0.25) is 0 Å². The van der Waals surface area contributed by atoms with Crippen molar-refractivity contribution in [3.8, 4) is 33.8 Å². The second-order valence-corrected chi connectivity index (χ2v) is 12.7. The molecule has 2 heteroatoms. The Bertz CT molecular complexity index is 1770. The minimum Gasteiger partial charge on any atom is -0.453 e. The van der Waals surface area contributed by atoms with Crippen molar-refractivity contribution in [1.82, 2.24) is 0 Å². The first kappa shape index (κ1) is 23.6. The summed E-state index contributed by atoms with van der Waals surface area (Å²) in [7, 11) is 0. The Morgan fingerprint density at radius 2 is 0.975 bits per heavy atom.